The van der Waals surface area contributed by atoms with Gasteiger partial charge in [0.2, 0.25) is 0 Å². The second kappa shape index (κ2) is 5.81. The summed E-state index contributed by atoms with van der Waals surface area (Å²) in [5, 5.41) is 3.54. The third-order valence-electron chi connectivity index (χ3n) is 3.52. The number of amides is 1. The van der Waals surface area contributed by atoms with Gasteiger partial charge in [-0.1, -0.05) is 17.7 Å². The van der Waals surface area contributed by atoms with E-state index in [9.17, 15) is 4.79 Å². The highest BCUT2D eigenvalue weighted by Gasteiger charge is 2.14. The smallest absolute Gasteiger partial charge is 0.251 e. The first-order valence-corrected chi connectivity index (χ1v) is 7.43. The Labute approximate surface area is 133 Å². The van der Waals surface area contributed by atoms with Crippen molar-refractivity contribution in [3.8, 4) is 0 Å². The zero-order valence-corrected chi connectivity index (χ0v) is 13.1. The highest BCUT2D eigenvalue weighted by Crippen LogP contribution is 2.18. The van der Waals surface area contributed by atoms with Gasteiger partial charge in [-0.25, -0.2) is 4.98 Å². The van der Waals surface area contributed by atoms with Gasteiger partial charge in [-0.3, -0.25) is 4.79 Å². The number of carbonyl (C=O) groups excluding carboxylic acids is 1. The SMILES string of the molecule is Cc1ccc2nc(C(C)NC(=O)c3ccc(Cl)cc3)[nH]c2c1. The third kappa shape index (κ3) is 2.97. The largest absolute Gasteiger partial charge is 0.342 e. The predicted molar refractivity (Wildman–Crippen MR) is 88.2 cm³/mol. The summed E-state index contributed by atoms with van der Waals surface area (Å²) < 4.78 is 0. The van der Waals surface area contributed by atoms with Crippen molar-refractivity contribution in [2.75, 3.05) is 0 Å². The molecule has 1 amide bonds. The fraction of sp³-hybridized carbons (Fsp3) is 0.176. The van der Waals surface area contributed by atoms with Crippen LogP contribution in [0, 0.1) is 6.92 Å². The van der Waals surface area contributed by atoms with Crippen molar-refractivity contribution >= 4 is 28.5 Å². The summed E-state index contributed by atoms with van der Waals surface area (Å²) in [6.07, 6.45) is 0. The first kappa shape index (κ1) is 14.6. The normalized spacial score (nSPS) is 12.3. The fourth-order valence-electron chi connectivity index (χ4n) is 2.30. The Balaban J connectivity index is 1.79. The van der Waals surface area contributed by atoms with Crippen LogP contribution in [-0.4, -0.2) is 15.9 Å². The van der Waals surface area contributed by atoms with Crippen molar-refractivity contribution in [2.45, 2.75) is 19.9 Å². The molecule has 1 aromatic heterocycles. The van der Waals surface area contributed by atoms with Gasteiger partial charge in [0.05, 0.1) is 17.1 Å². The first-order valence-electron chi connectivity index (χ1n) is 7.05. The average molecular weight is 314 g/mol. The van der Waals surface area contributed by atoms with E-state index in [1.54, 1.807) is 24.3 Å². The van der Waals surface area contributed by atoms with E-state index in [0.717, 1.165) is 16.9 Å². The molecular weight excluding hydrogens is 298 g/mol. The molecule has 0 saturated heterocycles. The average Bonchev–Trinajstić information content (AvgIpc) is 2.91. The number of aromatic nitrogens is 2. The molecule has 1 unspecified atom stereocenters. The molecule has 0 spiro atoms. The molecule has 0 aliphatic rings. The highest BCUT2D eigenvalue weighted by molar-refractivity contribution is 6.30. The molecular formula is C17H16ClN3O. The van der Waals surface area contributed by atoms with Gasteiger partial charge in [0.15, 0.2) is 0 Å². The van der Waals surface area contributed by atoms with Crippen LogP contribution in [0.25, 0.3) is 11.0 Å². The number of fused-ring (bicyclic) bond motifs is 1. The molecule has 1 atom stereocenters. The highest BCUT2D eigenvalue weighted by atomic mass is 35.5. The van der Waals surface area contributed by atoms with Gasteiger partial charge in [0.1, 0.15) is 5.82 Å². The summed E-state index contributed by atoms with van der Waals surface area (Å²) in [4.78, 5) is 20.0. The number of aryl methyl sites for hydroxylation is 1. The number of hydrogen-bond donors (Lipinski definition) is 2. The first-order chi connectivity index (χ1) is 10.5. The lowest BCUT2D eigenvalue weighted by Crippen LogP contribution is -2.27. The van der Waals surface area contributed by atoms with E-state index in [1.807, 2.05) is 32.0 Å². The Hall–Kier alpha value is -2.33. The van der Waals surface area contributed by atoms with Crippen LogP contribution >= 0.6 is 11.6 Å². The summed E-state index contributed by atoms with van der Waals surface area (Å²) >= 11 is 5.83. The molecule has 3 aromatic rings. The molecule has 22 heavy (non-hydrogen) atoms. The summed E-state index contributed by atoms with van der Waals surface area (Å²) in [5.74, 6) is 0.587. The molecule has 112 valence electrons. The Morgan fingerprint density at radius 1 is 1.23 bits per heavy atom. The number of imidazole rings is 1. The van der Waals surface area contributed by atoms with Crippen LogP contribution in [0.5, 0.6) is 0 Å². The van der Waals surface area contributed by atoms with Crippen molar-refractivity contribution in [1.82, 2.24) is 15.3 Å². The number of benzene rings is 2. The van der Waals surface area contributed by atoms with Crippen LogP contribution in [0.15, 0.2) is 42.5 Å². The Bertz CT molecular complexity index is 824. The number of carbonyl (C=O) groups is 1. The molecule has 3 rings (SSSR count). The van der Waals surface area contributed by atoms with Gasteiger partial charge in [0, 0.05) is 10.6 Å². The van der Waals surface area contributed by atoms with Crippen LogP contribution in [0.2, 0.25) is 5.02 Å². The number of nitrogens with zero attached hydrogens (tertiary/aromatic N) is 1. The van der Waals surface area contributed by atoms with Crippen molar-refractivity contribution in [3.63, 3.8) is 0 Å². The zero-order chi connectivity index (χ0) is 15.7. The Morgan fingerprint density at radius 2 is 1.95 bits per heavy atom. The number of H-pyrrole nitrogens is 1. The minimum Gasteiger partial charge on any atom is -0.342 e. The fourth-order valence-corrected chi connectivity index (χ4v) is 2.42. The van der Waals surface area contributed by atoms with E-state index in [0.29, 0.717) is 10.6 Å². The predicted octanol–water partition coefficient (Wildman–Crippen LogP) is 4.02. The van der Waals surface area contributed by atoms with E-state index in [4.69, 9.17) is 11.6 Å². The summed E-state index contributed by atoms with van der Waals surface area (Å²) in [6.45, 7) is 3.93. The minimum absolute atomic E-state index is 0.152. The van der Waals surface area contributed by atoms with E-state index >= 15 is 0 Å². The standard InChI is InChI=1S/C17H16ClN3O/c1-10-3-8-14-15(9-10)21-16(20-14)11(2)19-17(22)12-4-6-13(18)7-5-12/h3-9,11H,1-2H3,(H,19,22)(H,20,21). The minimum atomic E-state index is -0.212. The van der Waals surface area contributed by atoms with Gasteiger partial charge in [-0.15, -0.1) is 0 Å². The number of hydrogen-bond acceptors (Lipinski definition) is 2. The van der Waals surface area contributed by atoms with Gasteiger partial charge < -0.3 is 10.3 Å². The monoisotopic (exact) mass is 313 g/mol. The van der Waals surface area contributed by atoms with Crippen LogP contribution in [0.3, 0.4) is 0 Å². The van der Waals surface area contributed by atoms with Crippen LogP contribution in [0.1, 0.15) is 34.7 Å². The van der Waals surface area contributed by atoms with Crippen molar-refractivity contribution in [3.05, 3.63) is 64.4 Å². The zero-order valence-electron chi connectivity index (χ0n) is 12.4. The molecule has 0 saturated carbocycles. The van der Waals surface area contributed by atoms with Crippen LogP contribution < -0.4 is 5.32 Å². The molecule has 0 fully saturated rings. The molecule has 4 nitrogen and oxygen atoms in total. The number of aromatic amines is 1. The molecule has 5 heteroatoms. The van der Waals surface area contributed by atoms with Crippen molar-refractivity contribution in [2.24, 2.45) is 0 Å². The summed E-state index contributed by atoms with van der Waals surface area (Å²) in [6, 6.07) is 12.6. The van der Waals surface area contributed by atoms with Gasteiger partial charge in [-0.05, 0) is 55.8 Å². The summed E-state index contributed by atoms with van der Waals surface area (Å²) in [5.41, 5.74) is 3.61. The Morgan fingerprint density at radius 3 is 2.68 bits per heavy atom. The topological polar surface area (TPSA) is 57.8 Å². The number of halogens is 1. The molecule has 0 radical (unpaired) electrons. The van der Waals surface area contributed by atoms with Crippen LogP contribution in [0.4, 0.5) is 0 Å². The quantitative estimate of drug-likeness (QED) is 0.767. The van der Waals surface area contributed by atoms with Crippen molar-refractivity contribution < 1.29 is 4.79 Å². The van der Waals surface area contributed by atoms with Gasteiger partial charge >= 0.3 is 0 Å². The lowest BCUT2D eigenvalue weighted by molar-refractivity contribution is 0.0938. The maximum Gasteiger partial charge on any atom is 0.251 e. The number of nitrogens with one attached hydrogen (secondary N) is 2. The maximum absolute atomic E-state index is 12.2. The lowest BCUT2D eigenvalue weighted by atomic mass is 10.2. The second-order valence-corrected chi connectivity index (χ2v) is 5.78. The van der Waals surface area contributed by atoms with E-state index in [1.165, 1.54) is 5.56 Å². The number of rotatable bonds is 3. The molecule has 0 bridgehead atoms. The summed E-state index contributed by atoms with van der Waals surface area (Å²) in [7, 11) is 0. The van der Waals surface area contributed by atoms with Crippen molar-refractivity contribution in [1.29, 1.82) is 0 Å². The lowest BCUT2D eigenvalue weighted by Gasteiger charge is -2.11. The van der Waals surface area contributed by atoms with Gasteiger partial charge in [0.25, 0.3) is 5.91 Å². The third-order valence-corrected chi connectivity index (χ3v) is 3.77. The molecule has 0 aliphatic carbocycles. The molecule has 0 aliphatic heterocycles. The Kier molecular flexibility index (Phi) is 3.86. The van der Waals surface area contributed by atoms with E-state index < -0.39 is 0 Å². The maximum atomic E-state index is 12.2. The molecule has 1 heterocycles. The van der Waals surface area contributed by atoms with Gasteiger partial charge in [-0.2, -0.15) is 0 Å². The second-order valence-electron chi connectivity index (χ2n) is 5.34. The van der Waals surface area contributed by atoms with E-state index in [2.05, 4.69) is 15.3 Å². The molecule has 2 aromatic carbocycles. The molecule has 2 N–H and O–H groups in total. The van der Waals surface area contributed by atoms with Crippen LogP contribution in [-0.2, 0) is 0 Å². The van der Waals surface area contributed by atoms with E-state index in [-0.39, 0.29) is 11.9 Å².